The second-order valence-electron chi connectivity index (χ2n) is 6.76. The van der Waals surface area contributed by atoms with Gasteiger partial charge in [-0.15, -0.1) is 0 Å². The van der Waals surface area contributed by atoms with Crippen molar-refractivity contribution in [2.24, 2.45) is 23.7 Å². The molecule has 0 aromatic heterocycles. The van der Waals surface area contributed by atoms with Crippen LogP contribution >= 0.6 is 0 Å². The molecule has 2 fully saturated rings. The Morgan fingerprint density at radius 2 is 1.83 bits per heavy atom. The Morgan fingerprint density at radius 1 is 1.00 bits per heavy atom. The Balaban J connectivity index is 1.82. The fourth-order valence-corrected chi connectivity index (χ4v) is 4.50. The lowest BCUT2D eigenvalue weighted by atomic mass is 9.71. The third-order valence-corrected chi connectivity index (χ3v) is 5.56. The summed E-state index contributed by atoms with van der Waals surface area (Å²) >= 11 is 0. The Morgan fingerprint density at radius 3 is 2.61 bits per heavy atom. The third kappa shape index (κ3) is 3.73. The summed E-state index contributed by atoms with van der Waals surface area (Å²) in [7, 11) is 0. The number of nitrogens with one attached hydrogen (secondary N) is 1. The van der Waals surface area contributed by atoms with Gasteiger partial charge in [0.05, 0.1) is 0 Å². The van der Waals surface area contributed by atoms with Crippen LogP contribution in [-0.2, 0) is 0 Å². The Kier molecular flexibility index (Phi) is 6.01. The van der Waals surface area contributed by atoms with Crippen molar-refractivity contribution < 1.29 is 0 Å². The second-order valence-corrected chi connectivity index (χ2v) is 6.76. The van der Waals surface area contributed by atoms with Crippen molar-refractivity contribution in [3.05, 3.63) is 0 Å². The standard InChI is InChI=1S/C17H33N/c1-3-11-18-13-16-9-6-10-17(16)15-8-5-7-14(4-2)12-15/h14-18H,3-13H2,1-2H3. The molecule has 2 aliphatic rings. The smallest absolute Gasteiger partial charge is 0.00178 e. The molecule has 0 saturated heterocycles. The van der Waals surface area contributed by atoms with E-state index in [1.807, 2.05) is 0 Å². The summed E-state index contributed by atoms with van der Waals surface area (Å²) in [5.41, 5.74) is 0. The van der Waals surface area contributed by atoms with Gasteiger partial charge in [0.15, 0.2) is 0 Å². The minimum atomic E-state index is 0.997. The van der Waals surface area contributed by atoms with E-state index in [-0.39, 0.29) is 0 Å². The lowest BCUT2D eigenvalue weighted by Gasteiger charge is -2.35. The zero-order chi connectivity index (χ0) is 12.8. The highest BCUT2D eigenvalue weighted by molar-refractivity contribution is 4.87. The number of rotatable bonds is 6. The summed E-state index contributed by atoms with van der Waals surface area (Å²) < 4.78 is 0. The van der Waals surface area contributed by atoms with Gasteiger partial charge in [0.1, 0.15) is 0 Å². The Hall–Kier alpha value is -0.0400. The molecule has 2 saturated carbocycles. The Bertz CT molecular complexity index is 226. The van der Waals surface area contributed by atoms with Crippen LogP contribution < -0.4 is 5.32 Å². The summed E-state index contributed by atoms with van der Waals surface area (Å²) in [5.74, 6) is 4.18. The van der Waals surface area contributed by atoms with E-state index in [2.05, 4.69) is 19.2 Å². The molecule has 0 radical (unpaired) electrons. The largest absolute Gasteiger partial charge is 0.316 e. The van der Waals surface area contributed by atoms with Crippen molar-refractivity contribution in [2.75, 3.05) is 13.1 Å². The molecule has 0 amide bonds. The maximum atomic E-state index is 3.67. The van der Waals surface area contributed by atoms with Crippen molar-refractivity contribution in [1.29, 1.82) is 0 Å². The second kappa shape index (κ2) is 7.53. The summed E-state index contributed by atoms with van der Waals surface area (Å²) in [4.78, 5) is 0. The molecule has 0 aliphatic heterocycles. The molecule has 0 spiro atoms. The van der Waals surface area contributed by atoms with Crippen LogP contribution in [0.3, 0.4) is 0 Å². The average Bonchev–Trinajstić information content (AvgIpc) is 2.87. The van der Waals surface area contributed by atoms with E-state index in [0.29, 0.717) is 0 Å². The molecule has 18 heavy (non-hydrogen) atoms. The van der Waals surface area contributed by atoms with Gasteiger partial charge in [-0.25, -0.2) is 0 Å². The maximum absolute atomic E-state index is 3.67. The SMILES string of the molecule is CCCNCC1CCCC1C1CCCC(CC)C1. The summed E-state index contributed by atoms with van der Waals surface area (Å²) in [6, 6.07) is 0. The average molecular weight is 251 g/mol. The summed E-state index contributed by atoms with van der Waals surface area (Å²) in [6.45, 7) is 7.17. The van der Waals surface area contributed by atoms with E-state index in [0.717, 1.165) is 23.7 Å². The zero-order valence-electron chi connectivity index (χ0n) is 12.6. The molecule has 0 bridgehead atoms. The van der Waals surface area contributed by atoms with Crippen LogP contribution in [0, 0.1) is 23.7 Å². The predicted octanol–water partition coefficient (Wildman–Crippen LogP) is 4.62. The highest BCUT2D eigenvalue weighted by Crippen LogP contribution is 2.44. The molecule has 2 rings (SSSR count). The number of hydrogen-bond acceptors (Lipinski definition) is 1. The first-order valence-corrected chi connectivity index (χ1v) is 8.55. The topological polar surface area (TPSA) is 12.0 Å². The van der Waals surface area contributed by atoms with E-state index in [4.69, 9.17) is 0 Å². The zero-order valence-corrected chi connectivity index (χ0v) is 12.6. The molecule has 4 atom stereocenters. The van der Waals surface area contributed by atoms with E-state index >= 15 is 0 Å². The van der Waals surface area contributed by atoms with Crippen LogP contribution in [0.15, 0.2) is 0 Å². The molecule has 1 N–H and O–H groups in total. The molecule has 2 aliphatic carbocycles. The molecule has 4 unspecified atom stereocenters. The lowest BCUT2D eigenvalue weighted by molar-refractivity contribution is 0.159. The molecule has 106 valence electrons. The molecular formula is C17H33N. The number of hydrogen-bond donors (Lipinski definition) is 1. The predicted molar refractivity (Wildman–Crippen MR) is 79.7 cm³/mol. The van der Waals surface area contributed by atoms with Crippen LogP contribution in [0.5, 0.6) is 0 Å². The van der Waals surface area contributed by atoms with E-state index in [1.165, 1.54) is 64.5 Å². The lowest BCUT2D eigenvalue weighted by Crippen LogP contribution is -2.31. The first-order valence-electron chi connectivity index (χ1n) is 8.55. The molecule has 0 heterocycles. The highest BCUT2D eigenvalue weighted by atomic mass is 14.9. The van der Waals surface area contributed by atoms with Gasteiger partial charge >= 0.3 is 0 Å². The van der Waals surface area contributed by atoms with Gasteiger partial charge in [-0.3, -0.25) is 0 Å². The van der Waals surface area contributed by atoms with E-state index in [1.54, 1.807) is 6.42 Å². The fraction of sp³-hybridized carbons (Fsp3) is 1.00. The third-order valence-electron chi connectivity index (χ3n) is 5.56. The normalized spacial score (nSPS) is 37.0. The van der Waals surface area contributed by atoms with Crippen LogP contribution in [0.25, 0.3) is 0 Å². The highest BCUT2D eigenvalue weighted by Gasteiger charge is 2.35. The van der Waals surface area contributed by atoms with Crippen molar-refractivity contribution in [2.45, 2.75) is 71.6 Å². The Labute approximate surface area is 114 Å². The molecule has 1 heteroatoms. The van der Waals surface area contributed by atoms with Gasteiger partial charge in [-0.05, 0) is 62.4 Å². The monoisotopic (exact) mass is 251 g/mol. The van der Waals surface area contributed by atoms with Gasteiger partial charge in [0.25, 0.3) is 0 Å². The van der Waals surface area contributed by atoms with Crippen LogP contribution in [-0.4, -0.2) is 13.1 Å². The molecule has 0 aromatic carbocycles. The van der Waals surface area contributed by atoms with Gasteiger partial charge in [-0.1, -0.05) is 46.0 Å². The minimum Gasteiger partial charge on any atom is -0.316 e. The van der Waals surface area contributed by atoms with Crippen LogP contribution in [0.4, 0.5) is 0 Å². The van der Waals surface area contributed by atoms with Gasteiger partial charge in [0, 0.05) is 0 Å². The van der Waals surface area contributed by atoms with E-state index in [9.17, 15) is 0 Å². The van der Waals surface area contributed by atoms with Crippen molar-refractivity contribution in [3.63, 3.8) is 0 Å². The molecule has 1 nitrogen and oxygen atoms in total. The van der Waals surface area contributed by atoms with E-state index < -0.39 is 0 Å². The first-order chi connectivity index (χ1) is 8.85. The minimum absolute atomic E-state index is 0.997. The van der Waals surface area contributed by atoms with Gasteiger partial charge in [0.2, 0.25) is 0 Å². The summed E-state index contributed by atoms with van der Waals surface area (Å²) in [6.07, 6.45) is 13.3. The summed E-state index contributed by atoms with van der Waals surface area (Å²) in [5, 5.41) is 3.67. The maximum Gasteiger partial charge on any atom is -0.00178 e. The van der Waals surface area contributed by atoms with Crippen molar-refractivity contribution in [1.82, 2.24) is 5.32 Å². The van der Waals surface area contributed by atoms with Crippen molar-refractivity contribution >= 4 is 0 Å². The quantitative estimate of drug-likeness (QED) is 0.679. The first kappa shape index (κ1) is 14.4. The molecular weight excluding hydrogens is 218 g/mol. The van der Waals surface area contributed by atoms with Gasteiger partial charge in [-0.2, -0.15) is 0 Å². The van der Waals surface area contributed by atoms with Crippen LogP contribution in [0.1, 0.15) is 71.6 Å². The van der Waals surface area contributed by atoms with Gasteiger partial charge < -0.3 is 5.32 Å². The van der Waals surface area contributed by atoms with Crippen molar-refractivity contribution in [3.8, 4) is 0 Å². The molecule has 0 aromatic rings. The fourth-order valence-electron chi connectivity index (χ4n) is 4.50. The van der Waals surface area contributed by atoms with Crippen LogP contribution in [0.2, 0.25) is 0 Å².